The van der Waals surface area contributed by atoms with Gasteiger partial charge in [0.25, 0.3) is 0 Å². The van der Waals surface area contributed by atoms with Gasteiger partial charge in [-0.25, -0.2) is 0 Å². The van der Waals surface area contributed by atoms with Crippen LogP contribution in [0.5, 0.6) is 0 Å². The van der Waals surface area contributed by atoms with Gasteiger partial charge in [0.1, 0.15) is 17.5 Å². The summed E-state index contributed by atoms with van der Waals surface area (Å²) in [7, 11) is 1.82. The van der Waals surface area contributed by atoms with Crippen molar-refractivity contribution in [3.05, 3.63) is 11.3 Å². The zero-order chi connectivity index (χ0) is 11.4. The summed E-state index contributed by atoms with van der Waals surface area (Å²) in [5.41, 5.74) is 1.35. The van der Waals surface area contributed by atoms with Crippen molar-refractivity contribution in [3.63, 3.8) is 0 Å². The number of hydrogen-bond donors (Lipinski definition) is 0. The fourth-order valence-corrected chi connectivity index (χ4v) is 1.59. The minimum absolute atomic E-state index is 0.490. The first-order valence-corrected chi connectivity index (χ1v) is 4.77. The lowest BCUT2D eigenvalue weighted by molar-refractivity contribution is 0.725. The van der Waals surface area contributed by atoms with Crippen LogP contribution in [0.25, 0.3) is 0 Å². The van der Waals surface area contributed by atoms with Gasteiger partial charge >= 0.3 is 0 Å². The topological polar surface area (TPSA) is 44.9 Å². The Bertz CT molecular complexity index is 431. The zero-order valence-electron chi connectivity index (χ0n) is 9.28. The van der Waals surface area contributed by atoms with E-state index in [2.05, 4.69) is 17.1 Å². The van der Waals surface area contributed by atoms with E-state index in [4.69, 9.17) is 11.7 Å². The summed E-state index contributed by atoms with van der Waals surface area (Å²) in [6.07, 6.45) is 5.29. The van der Waals surface area contributed by atoms with E-state index in [-0.39, 0.29) is 0 Å². The lowest BCUT2D eigenvalue weighted by Crippen LogP contribution is -2.26. The number of hydrogen-bond acceptors (Lipinski definition) is 3. The molecule has 0 fully saturated rings. The van der Waals surface area contributed by atoms with E-state index in [1.54, 1.807) is 4.68 Å². The molecule has 0 aliphatic carbocycles. The van der Waals surface area contributed by atoms with Gasteiger partial charge < -0.3 is 4.90 Å². The Balaban J connectivity index is 3.23. The molecule has 0 atom stereocenters. The van der Waals surface area contributed by atoms with Gasteiger partial charge in [-0.2, -0.15) is 10.4 Å². The summed E-state index contributed by atoms with van der Waals surface area (Å²) < 4.78 is 1.70. The maximum atomic E-state index is 9.04. The van der Waals surface area contributed by atoms with Gasteiger partial charge in [0, 0.05) is 13.6 Å². The molecule has 0 spiro atoms. The monoisotopic (exact) mass is 202 g/mol. The summed E-state index contributed by atoms with van der Waals surface area (Å²) in [6.45, 7) is 5.08. The van der Waals surface area contributed by atoms with Crippen molar-refractivity contribution < 1.29 is 0 Å². The van der Waals surface area contributed by atoms with Crippen LogP contribution >= 0.6 is 0 Å². The van der Waals surface area contributed by atoms with E-state index in [0.29, 0.717) is 12.1 Å². The van der Waals surface area contributed by atoms with Gasteiger partial charge in [-0.05, 0) is 13.8 Å². The Kier molecular flexibility index (Phi) is 3.36. The van der Waals surface area contributed by atoms with Crippen LogP contribution in [0.3, 0.4) is 0 Å². The van der Waals surface area contributed by atoms with E-state index in [1.807, 2.05) is 25.8 Å². The molecule has 0 saturated carbocycles. The third-order valence-corrected chi connectivity index (χ3v) is 2.27. The molecule has 1 aromatic heterocycles. The Morgan fingerprint density at radius 2 is 2.27 bits per heavy atom. The van der Waals surface area contributed by atoms with E-state index < -0.39 is 0 Å². The van der Waals surface area contributed by atoms with Crippen LogP contribution in [-0.2, 0) is 7.05 Å². The highest BCUT2D eigenvalue weighted by Crippen LogP contribution is 2.21. The number of aromatic nitrogens is 2. The van der Waals surface area contributed by atoms with Crippen molar-refractivity contribution in [3.8, 4) is 18.4 Å². The molecule has 0 aliphatic rings. The SMILES string of the molecule is C#CCN(CC)c1c(C#N)c(C)nn1C. The Labute approximate surface area is 90.1 Å². The highest BCUT2D eigenvalue weighted by atomic mass is 15.4. The van der Waals surface area contributed by atoms with Gasteiger partial charge in [0.05, 0.1) is 12.2 Å². The van der Waals surface area contributed by atoms with Crippen LogP contribution in [0.4, 0.5) is 5.82 Å². The number of aryl methyl sites for hydroxylation is 2. The lowest BCUT2D eigenvalue weighted by Gasteiger charge is -2.20. The second-order valence-corrected chi connectivity index (χ2v) is 3.24. The molecule has 0 saturated heterocycles. The average Bonchev–Trinajstić information content (AvgIpc) is 2.49. The van der Waals surface area contributed by atoms with Crippen molar-refractivity contribution in [2.24, 2.45) is 7.05 Å². The van der Waals surface area contributed by atoms with Crippen LogP contribution in [0.2, 0.25) is 0 Å². The molecular weight excluding hydrogens is 188 g/mol. The van der Waals surface area contributed by atoms with Gasteiger partial charge in [0.15, 0.2) is 0 Å². The molecule has 0 aliphatic heterocycles. The minimum Gasteiger partial charge on any atom is -0.345 e. The van der Waals surface area contributed by atoms with Crippen molar-refractivity contribution in [2.45, 2.75) is 13.8 Å². The number of nitrogens with zero attached hydrogens (tertiary/aromatic N) is 4. The Morgan fingerprint density at radius 3 is 2.73 bits per heavy atom. The summed E-state index contributed by atoms with van der Waals surface area (Å²) in [5.74, 6) is 3.38. The molecular formula is C11H14N4. The van der Waals surface area contributed by atoms with E-state index >= 15 is 0 Å². The molecule has 4 heteroatoms. The van der Waals surface area contributed by atoms with Crippen LogP contribution in [0, 0.1) is 30.6 Å². The molecule has 1 heterocycles. The van der Waals surface area contributed by atoms with Gasteiger partial charge in [-0.3, -0.25) is 4.68 Å². The van der Waals surface area contributed by atoms with Gasteiger partial charge in [-0.1, -0.05) is 5.92 Å². The van der Waals surface area contributed by atoms with Crippen molar-refractivity contribution >= 4 is 5.82 Å². The highest BCUT2D eigenvalue weighted by Gasteiger charge is 2.17. The standard InChI is InChI=1S/C11H14N4/c1-5-7-15(6-2)11-10(8-12)9(3)13-14(11)4/h1H,6-7H2,2-4H3. The predicted molar refractivity (Wildman–Crippen MR) is 59.4 cm³/mol. The molecule has 0 aromatic carbocycles. The van der Waals surface area contributed by atoms with Gasteiger partial charge in [-0.15, -0.1) is 6.42 Å². The van der Waals surface area contributed by atoms with E-state index in [9.17, 15) is 0 Å². The largest absolute Gasteiger partial charge is 0.345 e. The molecule has 0 amide bonds. The maximum Gasteiger partial charge on any atom is 0.145 e. The summed E-state index contributed by atoms with van der Waals surface area (Å²) in [6, 6.07) is 2.16. The van der Waals surface area contributed by atoms with Crippen LogP contribution < -0.4 is 4.90 Å². The second-order valence-electron chi connectivity index (χ2n) is 3.24. The minimum atomic E-state index is 0.490. The smallest absolute Gasteiger partial charge is 0.145 e. The molecule has 1 aromatic rings. The molecule has 0 unspecified atom stereocenters. The Morgan fingerprint density at radius 1 is 1.60 bits per heavy atom. The van der Waals surface area contributed by atoms with Crippen molar-refractivity contribution in [1.82, 2.24) is 9.78 Å². The lowest BCUT2D eigenvalue weighted by atomic mass is 10.2. The van der Waals surface area contributed by atoms with Crippen LogP contribution in [-0.4, -0.2) is 22.9 Å². The number of nitriles is 1. The number of rotatable bonds is 3. The summed E-state index contributed by atoms with van der Waals surface area (Å²) in [5, 5.41) is 13.3. The van der Waals surface area contributed by atoms with E-state index in [0.717, 1.165) is 18.1 Å². The average molecular weight is 202 g/mol. The fourth-order valence-electron chi connectivity index (χ4n) is 1.59. The number of terminal acetylenes is 1. The summed E-state index contributed by atoms with van der Waals surface area (Å²) in [4.78, 5) is 1.96. The Hall–Kier alpha value is -1.94. The third-order valence-electron chi connectivity index (χ3n) is 2.27. The predicted octanol–water partition coefficient (Wildman–Crippen LogP) is 1.06. The fraction of sp³-hybridized carbons (Fsp3) is 0.455. The van der Waals surface area contributed by atoms with Gasteiger partial charge in [0.2, 0.25) is 0 Å². The third kappa shape index (κ3) is 1.94. The zero-order valence-corrected chi connectivity index (χ0v) is 9.28. The van der Waals surface area contributed by atoms with E-state index in [1.165, 1.54) is 0 Å². The quantitative estimate of drug-likeness (QED) is 0.688. The second kappa shape index (κ2) is 4.52. The first-order chi connectivity index (χ1) is 7.15. The molecule has 0 bridgehead atoms. The van der Waals surface area contributed by atoms with Crippen LogP contribution in [0.1, 0.15) is 18.2 Å². The molecule has 0 N–H and O–H groups in total. The normalized spacial score (nSPS) is 9.40. The number of anilines is 1. The molecule has 4 nitrogen and oxygen atoms in total. The first kappa shape index (κ1) is 11.1. The molecule has 0 radical (unpaired) electrons. The van der Waals surface area contributed by atoms with Crippen molar-refractivity contribution in [1.29, 1.82) is 5.26 Å². The summed E-state index contributed by atoms with van der Waals surface area (Å²) >= 11 is 0. The molecule has 15 heavy (non-hydrogen) atoms. The van der Waals surface area contributed by atoms with Crippen LogP contribution in [0.15, 0.2) is 0 Å². The maximum absolute atomic E-state index is 9.04. The van der Waals surface area contributed by atoms with Crippen molar-refractivity contribution in [2.75, 3.05) is 18.0 Å². The highest BCUT2D eigenvalue weighted by molar-refractivity contribution is 5.57. The molecule has 78 valence electrons. The molecule has 1 rings (SSSR count). The first-order valence-electron chi connectivity index (χ1n) is 4.77.